The van der Waals surface area contributed by atoms with Crippen LogP contribution in [0.1, 0.15) is 52.7 Å². The van der Waals surface area contributed by atoms with Crippen molar-refractivity contribution in [3.8, 4) is 11.5 Å². The molecule has 7 heteroatoms. The van der Waals surface area contributed by atoms with Crippen LogP contribution in [0, 0.1) is 0 Å². The van der Waals surface area contributed by atoms with Crippen molar-refractivity contribution in [2.45, 2.75) is 32.2 Å². The molecule has 2 N–H and O–H groups in total. The van der Waals surface area contributed by atoms with Gasteiger partial charge in [-0.1, -0.05) is 44.2 Å². The van der Waals surface area contributed by atoms with Crippen LogP contribution in [0.15, 0.2) is 60.7 Å². The van der Waals surface area contributed by atoms with Crippen LogP contribution in [0.3, 0.4) is 0 Å². The average Bonchev–Trinajstić information content (AvgIpc) is 3.44. The zero-order chi connectivity index (χ0) is 21.8. The first-order valence-corrected chi connectivity index (χ1v) is 10.5. The Labute approximate surface area is 181 Å². The van der Waals surface area contributed by atoms with Crippen molar-refractivity contribution >= 4 is 11.8 Å². The van der Waals surface area contributed by atoms with E-state index in [-0.39, 0.29) is 23.8 Å². The molecule has 1 aliphatic rings. The van der Waals surface area contributed by atoms with E-state index in [0.29, 0.717) is 42.3 Å². The molecule has 1 aromatic heterocycles. The Morgan fingerprint density at radius 3 is 2.61 bits per heavy atom. The minimum absolute atomic E-state index is 0.118. The number of benzene rings is 2. The van der Waals surface area contributed by atoms with Gasteiger partial charge in [0, 0.05) is 24.8 Å². The standard InChI is InChI=1S/C24H26N4O3/c1-16(2)20-14-21(27-26-20)24(30)28-13-12-17(15-28)25-23(29)19-10-6-7-11-22(19)31-18-8-4-3-5-9-18/h3-11,14,16-17H,12-13,15H2,1-2H3,(H,25,29)(H,26,27). The molecule has 1 aliphatic heterocycles. The van der Waals surface area contributed by atoms with E-state index >= 15 is 0 Å². The van der Waals surface area contributed by atoms with Crippen molar-refractivity contribution in [3.63, 3.8) is 0 Å². The summed E-state index contributed by atoms with van der Waals surface area (Å²) in [5.74, 6) is 1.10. The molecule has 0 saturated carbocycles. The summed E-state index contributed by atoms with van der Waals surface area (Å²) in [6.45, 7) is 5.12. The summed E-state index contributed by atoms with van der Waals surface area (Å²) in [5.41, 5.74) is 1.81. The lowest BCUT2D eigenvalue weighted by atomic mass is 10.1. The molecular formula is C24H26N4O3. The predicted octanol–water partition coefficient (Wildman–Crippen LogP) is 3.97. The molecular weight excluding hydrogens is 392 g/mol. The number of hydrogen-bond acceptors (Lipinski definition) is 4. The lowest BCUT2D eigenvalue weighted by Crippen LogP contribution is -2.38. The highest BCUT2D eigenvalue weighted by molar-refractivity contribution is 5.97. The summed E-state index contributed by atoms with van der Waals surface area (Å²) >= 11 is 0. The van der Waals surface area contributed by atoms with Gasteiger partial charge in [-0.25, -0.2) is 0 Å². The molecule has 4 rings (SSSR count). The highest BCUT2D eigenvalue weighted by Crippen LogP contribution is 2.25. The van der Waals surface area contributed by atoms with Crippen molar-refractivity contribution in [2.75, 3.05) is 13.1 Å². The second kappa shape index (κ2) is 9.04. The molecule has 3 aromatic rings. The number of rotatable bonds is 6. The van der Waals surface area contributed by atoms with Crippen LogP contribution in [-0.4, -0.2) is 46.0 Å². The van der Waals surface area contributed by atoms with Gasteiger partial charge < -0.3 is 15.0 Å². The Morgan fingerprint density at radius 2 is 1.87 bits per heavy atom. The topological polar surface area (TPSA) is 87.3 Å². The number of H-pyrrole nitrogens is 1. The van der Waals surface area contributed by atoms with Crippen molar-refractivity contribution in [1.82, 2.24) is 20.4 Å². The molecule has 31 heavy (non-hydrogen) atoms. The third-order valence-corrected chi connectivity index (χ3v) is 5.35. The van der Waals surface area contributed by atoms with Crippen molar-refractivity contribution in [2.24, 2.45) is 0 Å². The molecule has 160 valence electrons. The second-order valence-corrected chi connectivity index (χ2v) is 7.98. The maximum Gasteiger partial charge on any atom is 0.274 e. The van der Waals surface area contributed by atoms with E-state index in [0.717, 1.165) is 5.69 Å². The van der Waals surface area contributed by atoms with E-state index in [1.807, 2.05) is 50.2 Å². The molecule has 1 unspecified atom stereocenters. The van der Waals surface area contributed by atoms with E-state index in [9.17, 15) is 9.59 Å². The highest BCUT2D eigenvalue weighted by Gasteiger charge is 2.30. The zero-order valence-corrected chi connectivity index (χ0v) is 17.7. The lowest BCUT2D eigenvalue weighted by Gasteiger charge is -2.17. The van der Waals surface area contributed by atoms with Crippen molar-refractivity contribution in [1.29, 1.82) is 0 Å². The number of para-hydroxylation sites is 2. The Morgan fingerprint density at radius 1 is 1.13 bits per heavy atom. The molecule has 0 aliphatic carbocycles. The number of amides is 2. The van der Waals surface area contributed by atoms with Crippen molar-refractivity contribution in [3.05, 3.63) is 77.6 Å². The fraction of sp³-hybridized carbons (Fsp3) is 0.292. The SMILES string of the molecule is CC(C)c1cc(C(=O)N2CCC(NC(=O)c3ccccc3Oc3ccccc3)C2)n[nH]1. The molecule has 0 radical (unpaired) electrons. The van der Waals surface area contributed by atoms with Gasteiger partial charge in [0.25, 0.3) is 11.8 Å². The first kappa shape index (κ1) is 20.7. The van der Waals surface area contributed by atoms with Crippen LogP contribution < -0.4 is 10.1 Å². The normalized spacial score (nSPS) is 15.8. The minimum atomic E-state index is -0.215. The molecule has 0 spiro atoms. The van der Waals surface area contributed by atoms with Crippen LogP contribution in [0.4, 0.5) is 0 Å². The first-order valence-electron chi connectivity index (χ1n) is 10.5. The fourth-order valence-electron chi connectivity index (χ4n) is 3.59. The van der Waals surface area contributed by atoms with Gasteiger partial charge in [0.2, 0.25) is 0 Å². The maximum atomic E-state index is 12.9. The molecule has 2 aromatic carbocycles. The van der Waals surface area contributed by atoms with Crippen LogP contribution >= 0.6 is 0 Å². The number of nitrogens with zero attached hydrogens (tertiary/aromatic N) is 2. The van der Waals surface area contributed by atoms with Crippen LogP contribution in [-0.2, 0) is 0 Å². The van der Waals surface area contributed by atoms with E-state index in [2.05, 4.69) is 15.5 Å². The number of nitrogens with one attached hydrogen (secondary N) is 2. The number of hydrogen-bond donors (Lipinski definition) is 2. The zero-order valence-electron chi connectivity index (χ0n) is 17.7. The second-order valence-electron chi connectivity index (χ2n) is 7.98. The summed E-state index contributed by atoms with van der Waals surface area (Å²) in [6.07, 6.45) is 0.695. The fourth-order valence-corrected chi connectivity index (χ4v) is 3.59. The minimum Gasteiger partial charge on any atom is -0.457 e. The van der Waals surface area contributed by atoms with Gasteiger partial charge in [0.1, 0.15) is 17.2 Å². The number of likely N-dealkylation sites (tertiary alicyclic amines) is 1. The summed E-state index contributed by atoms with van der Waals surface area (Å²) in [6, 6.07) is 18.2. The van der Waals surface area contributed by atoms with Gasteiger partial charge in [-0.05, 0) is 42.7 Å². The largest absolute Gasteiger partial charge is 0.457 e. The third kappa shape index (κ3) is 4.77. The molecule has 2 heterocycles. The molecule has 1 fully saturated rings. The van der Waals surface area contributed by atoms with Gasteiger partial charge in [-0.3, -0.25) is 14.7 Å². The summed E-state index contributed by atoms with van der Waals surface area (Å²) in [7, 11) is 0. The van der Waals surface area contributed by atoms with Crippen LogP contribution in [0.25, 0.3) is 0 Å². The van der Waals surface area contributed by atoms with Gasteiger partial charge in [0.15, 0.2) is 0 Å². The Hall–Kier alpha value is -3.61. The number of carbonyl (C=O) groups is 2. The Kier molecular flexibility index (Phi) is 6.02. The Balaban J connectivity index is 1.39. The van der Waals surface area contributed by atoms with Gasteiger partial charge in [-0.2, -0.15) is 5.10 Å². The highest BCUT2D eigenvalue weighted by atomic mass is 16.5. The summed E-state index contributed by atoms with van der Waals surface area (Å²) in [5, 5.41) is 10.1. The lowest BCUT2D eigenvalue weighted by molar-refractivity contribution is 0.0777. The summed E-state index contributed by atoms with van der Waals surface area (Å²) < 4.78 is 5.90. The van der Waals surface area contributed by atoms with Crippen LogP contribution in [0.2, 0.25) is 0 Å². The smallest absolute Gasteiger partial charge is 0.274 e. The predicted molar refractivity (Wildman–Crippen MR) is 117 cm³/mol. The van der Waals surface area contributed by atoms with Crippen molar-refractivity contribution < 1.29 is 14.3 Å². The molecule has 0 bridgehead atoms. The molecule has 1 saturated heterocycles. The number of ether oxygens (including phenoxy) is 1. The van der Waals surface area contributed by atoms with Crippen LogP contribution in [0.5, 0.6) is 11.5 Å². The number of carbonyl (C=O) groups excluding carboxylic acids is 2. The summed E-state index contributed by atoms with van der Waals surface area (Å²) in [4.78, 5) is 27.4. The van der Waals surface area contributed by atoms with Gasteiger partial charge in [-0.15, -0.1) is 0 Å². The first-order chi connectivity index (χ1) is 15.0. The Bertz CT molecular complexity index is 1060. The van der Waals surface area contributed by atoms with E-state index in [4.69, 9.17) is 4.74 Å². The quantitative estimate of drug-likeness (QED) is 0.634. The third-order valence-electron chi connectivity index (χ3n) is 5.35. The number of aromatic amines is 1. The molecule has 1 atom stereocenters. The van der Waals surface area contributed by atoms with E-state index < -0.39 is 0 Å². The monoisotopic (exact) mass is 418 g/mol. The number of aromatic nitrogens is 2. The van der Waals surface area contributed by atoms with Gasteiger partial charge in [0.05, 0.1) is 5.56 Å². The van der Waals surface area contributed by atoms with Gasteiger partial charge >= 0.3 is 0 Å². The average molecular weight is 418 g/mol. The van der Waals surface area contributed by atoms with E-state index in [1.54, 1.807) is 29.2 Å². The molecule has 7 nitrogen and oxygen atoms in total. The maximum absolute atomic E-state index is 12.9. The van der Waals surface area contributed by atoms with E-state index in [1.165, 1.54) is 0 Å². The molecule has 2 amide bonds.